The first kappa shape index (κ1) is 19.5. The fraction of sp³-hybridized carbons (Fsp3) is 0.421. The van der Waals surface area contributed by atoms with Crippen LogP contribution in [0, 0.1) is 0 Å². The third kappa shape index (κ3) is 4.73. The molecule has 0 spiro atoms. The predicted molar refractivity (Wildman–Crippen MR) is 100 cm³/mol. The molecule has 1 aromatic carbocycles. The van der Waals surface area contributed by atoms with Gasteiger partial charge in [-0.05, 0) is 31.9 Å². The summed E-state index contributed by atoms with van der Waals surface area (Å²) in [5.74, 6) is -1.51. The lowest BCUT2D eigenvalue weighted by Crippen LogP contribution is -2.47. The SMILES string of the molecule is C[C@H](OC(=O)Cn1cnc2ccccc2c1=O)C(=O)NC(=O)NC1CCCC1. The second kappa shape index (κ2) is 8.64. The van der Waals surface area contributed by atoms with Gasteiger partial charge in [0.25, 0.3) is 11.5 Å². The van der Waals surface area contributed by atoms with Gasteiger partial charge in [-0.3, -0.25) is 24.3 Å². The number of nitrogens with zero attached hydrogens (tertiary/aromatic N) is 2. The van der Waals surface area contributed by atoms with Gasteiger partial charge in [0.1, 0.15) is 6.54 Å². The summed E-state index contributed by atoms with van der Waals surface area (Å²) >= 11 is 0. The number of esters is 1. The van der Waals surface area contributed by atoms with Crippen molar-refractivity contribution < 1.29 is 19.1 Å². The zero-order valence-corrected chi connectivity index (χ0v) is 15.5. The summed E-state index contributed by atoms with van der Waals surface area (Å²) in [6.07, 6.45) is 3.96. The fourth-order valence-electron chi connectivity index (χ4n) is 3.15. The summed E-state index contributed by atoms with van der Waals surface area (Å²) in [6.45, 7) is 0.972. The van der Waals surface area contributed by atoms with Crippen LogP contribution in [0.3, 0.4) is 0 Å². The number of para-hydroxylation sites is 1. The van der Waals surface area contributed by atoms with E-state index in [2.05, 4.69) is 15.6 Å². The van der Waals surface area contributed by atoms with Gasteiger partial charge in [0.05, 0.1) is 17.2 Å². The van der Waals surface area contributed by atoms with Crippen molar-refractivity contribution in [1.82, 2.24) is 20.2 Å². The number of hydrogen-bond donors (Lipinski definition) is 2. The standard InChI is InChI=1S/C19H22N4O5/c1-12(17(25)22-19(27)21-13-6-2-3-7-13)28-16(24)10-23-11-20-15-9-5-4-8-14(15)18(23)26/h4-5,8-9,11-13H,2-3,6-7,10H2,1H3,(H2,21,22,25,27)/t12-/m0/s1. The van der Waals surface area contributed by atoms with Gasteiger partial charge >= 0.3 is 12.0 Å². The minimum Gasteiger partial charge on any atom is -0.451 e. The molecule has 1 aliphatic rings. The van der Waals surface area contributed by atoms with Crippen LogP contribution in [0.25, 0.3) is 10.9 Å². The summed E-state index contributed by atoms with van der Waals surface area (Å²) < 4.78 is 6.15. The molecule has 1 heterocycles. The summed E-state index contributed by atoms with van der Waals surface area (Å²) in [7, 11) is 0. The van der Waals surface area contributed by atoms with E-state index in [0.717, 1.165) is 30.3 Å². The molecule has 0 saturated heterocycles. The lowest BCUT2D eigenvalue weighted by atomic mass is 10.2. The number of carbonyl (C=O) groups excluding carboxylic acids is 3. The number of aromatic nitrogens is 2. The van der Waals surface area contributed by atoms with Crippen LogP contribution in [0.4, 0.5) is 4.79 Å². The summed E-state index contributed by atoms with van der Waals surface area (Å²) in [6, 6.07) is 6.24. The molecule has 3 amide bonds. The van der Waals surface area contributed by atoms with Crippen LogP contribution >= 0.6 is 0 Å². The Morgan fingerprint density at radius 1 is 1.25 bits per heavy atom. The van der Waals surface area contributed by atoms with Gasteiger partial charge in [-0.2, -0.15) is 0 Å². The molecule has 9 heteroatoms. The number of urea groups is 1. The first-order valence-electron chi connectivity index (χ1n) is 9.19. The highest BCUT2D eigenvalue weighted by molar-refractivity contribution is 5.97. The first-order valence-corrected chi connectivity index (χ1v) is 9.19. The Labute approximate surface area is 161 Å². The van der Waals surface area contributed by atoms with E-state index in [-0.39, 0.29) is 18.1 Å². The molecule has 0 radical (unpaired) electrons. The molecule has 9 nitrogen and oxygen atoms in total. The number of fused-ring (bicyclic) bond motifs is 1. The van der Waals surface area contributed by atoms with Crippen molar-refractivity contribution in [2.24, 2.45) is 0 Å². The molecule has 2 aromatic rings. The van der Waals surface area contributed by atoms with Gasteiger partial charge < -0.3 is 10.1 Å². The Hall–Kier alpha value is -3.23. The lowest BCUT2D eigenvalue weighted by molar-refractivity contribution is -0.155. The molecule has 1 aliphatic carbocycles. The van der Waals surface area contributed by atoms with Crippen molar-refractivity contribution >= 4 is 28.8 Å². The van der Waals surface area contributed by atoms with Crippen LogP contribution in [0.2, 0.25) is 0 Å². The normalized spacial score (nSPS) is 15.2. The van der Waals surface area contributed by atoms with Gasteiger partial charge in [-0.25, -0.2) is 9.78 Å². The highest BCUT2D eigenvalue weighted by Gasteiger charge is 2.23. The van der Waals surface area contributed by atoms with E-state index >= 15 is 0 Å². The summed E-state index contributed by atoms with van der Waals surface area (Å²) in [4.78, 5) is 52.4. The van der Waals surface area contributed by atoms with E-state index in [1.807, 2.05) is 0 Å². The Morgan fingerprint density at radius 2 is 1.96 bits per heavy atom. The third-order valence-corrected chi connectivity index (χ3v) is 4.64. The zero-order valence-electron chi connectivity index (χ0n) is 15.5. The van der Waals surface area contributed by atoms with Crippen LogP contribution in [-0.2, 0) is 20.9 Å². The molecule has 0 unspecified atom stereocenters. The second-order valence-corrected chi connectivity index (χ2v) is 6.77. The maximum Gasteiger partial charge on any atom is 0.326 e. The van der Waals surface area contributed by atoms with Crippen molar-refractivity contribution in [3.05, 3.63) is 40.9 Å². The van der Waals surface area contributed by atoms with E-state index in [4.69, 9.17) is 4.74 Å². The van der Waals surface area contributed by atoms with Gasteiger partial charge in [-0.15, -0.1) is 0 Å². The van der Waals surface area contributed by atoms with E-state index in [1.165, 1.54) is 13.3 Å². The zero-order chi connectivity index (χ0) is 20.1. The van der Waals surface area contributed by atoms with Crippen molar-refractivity contribution in [1.29, 1.82) is 0 Å². The highest BCUT2D eigenvalue weighted by Crippen LogP contribution is 2.17. The van der Waals surface area contributed by atoms with Gasteiger partial charge in [-0.1, -0.05) is 25.0 Å². The lowest BCUT2D eigenvalue weighted by Gasteiger charge is -2.16. The number of imide groups is 1. The van der Waals surface area contributed by atoms with Crippen LogP contribution in [-0.4, -0.2) is 39.6 Å². The molecule has 2 N–H and O–H groups in total. The molecular formula is C19H22N4O5. The molecule has 1 saturated carbocycles. The van der Waals surface area contributed by atoms with E-state index in [0.29, 0.717) is 10.9 Å². The second-order valence-electron chi connectivity index (χ2n) is 6.77. The smallest absolute Gasteiger partial charge is 0.326 e. The third-order valence-electron chi connectivity index (χ3n) is 4.64. The Balaban J connectivity index is 1.53. The van der Waals surface area contributed by atoms with Gasteiger partial charge in [0.15, 0.2) is 6.10 Å². The summed E-state index contributed by atoms with van der Waals surface area (Å²) in [5.41, 5.74) is 0.147. The topological polar surface area (TPSA) is 119 Å². The predicted octanol–water partition coefficient (Wildman–Crippen LogP) is 1.10. The number of hydrogen-bond acceptors (Lipinski definition) is 6. The molecule has 148 valence electrons. The monoisotopic (exact) mass is 386 g/mol. The molecule has 3 rings (SSSR count). The average molecular weight is 386 g/mol. The van der Waals surface area contributed by atoms with Crippen LogP contribution < -0.4 is 16.2 Å². The largest absolute Gasteiger partial charge is 0.451 e. The quantitative estimate of drug-likeness (QED) is 0.743. The molecule has 28 heavy (non-hydrogen) atoms. The highest BCUT2D eigenvalue weighted by atomic mass is 16.5. The molecule has 1 aromatic heterocycles. The maximum absolute atomic E-state index is 12.4. The molecule has 0 bridgehead atoms. The van der Waals surface area contributed by atoms with E-state index in [9.17, 15) is 19.2 Å². The van der Waals surface area contributed by atoms with Crippen LogP contribution in [0.1, 0.15) is 32.6 Å². The van der Waals surface area contributed by atoms with E-state index in [1.54, 1.807) is 24.3 Å². The van der Waals surface area contributed by atoms with Crippen LogP contribution in [0.5, 0.6) is 0 Å². The van der Waals surface area contributed by atoms with Gasteiger partial charge in [0.2, 0.25) is 0 Å². The molecule has 0 aliphatic heterocycles. The number of nitrogens with one attached hydrogen (secondary N) is 2. The number of rotatable bonds is 5. The number of carbonyl (C=O) groups is 3. The van der Waals surface area contributed by atoms with E-state index < -0.39 is 24.0 Å². The fourth-order valence-corrected chi connectivity index (χ4v) is 3.15. The molecule has 1 atom stereocenters. The van der Waals surface area contributed by atoms with Gasteiger partial charge in [0, 0.05) is 6.04 Å². The van der Waals surface area contributed by atoms with Crippen molar-refractivity contribution in [2.45, 2.75) is 51.3 Å². The minimum absolute atomic E-state index is 0.0675. The first-order chi connectivity index (χ1) is 13.4. The Kier molecular flexibility index (Phi) is 6.03. The minimum atomic E-state index is -1.18. The van der Waals surface area contributed by atoms with Crippen molar-refractivity contribution in [2.75, 3.05) is 0 Å². The average Bonchev–Trinajstić information content (AvgIpc) is 3.17. The van der Waals surface area contributed by atoms with Crippen molar-refractivity contribution in [3.8, 4) is 0 Å². The maximum atomic E-state index is 12.4. The Bertz CT molecular complexity index is 949. The number of amides is 3. The molecular weight excluding hydrogens is 364 g/mol. The number of benzene rings is 1. The van der Waals surface area contributed by atoms with Crippen molar-refractivity contribution in [3.63, 3.8) is 0 Å². The number of ether oxygens (including phenoxy) is 1. The summed E-state index contributed by atoms with van der Waals surface area (Å²) in [5, 5.41) is 5.26. The Morgan fingerprint density at radius 3 is 2.71 bits per heavy atom. The van der Waals surface area contributed by atoms with Crippen LogP contribution in [0.15, 0.2) is 35.4 Å². The molecule has 1 fully saturated rings.